The zero-order valence-corrected chi connectivity index (χ0v) is 11.9. The second-order valence-corrected chi connectivity index (χ2v) is 5.77. The number of aromatic nitrogens is 2. The molecular formula is C14H18N2O4. The minimum Gasteiger partial charge on any atom is -0.475 e. The molecule has 2 heterocycles. The van der Waals surface area contributed by atoms with Crippen LogP contribution in [-0.2, 0) is 12.5 Å². The van der Waals surface area contributed by atoms with Crippen LogP contribution in [0.1, 0.15) is 54.4 Å². The quantitative estimate of drug-likeness (QED) is 0.897. The molecular weight excluding hydrogens is 260 g/mol. The fourth-order valence-electron chi connectivity index (χ4n) is 2.06. The Kier molecular flexibility index (Phi) is 3.43. The summed E-state index contributed by atoms with van der Waals surface area (Å²) in [6, 6.07) is 2.79. The Balaban J connectivity index is 2.42. The van der Waals surface area contributed by atoms with Crippen LogP contribution in [0, 0.1) is 0 Å². The Bertz CT molecular complexity index is 634. The van der Waals surface area contributed by atoms with Crippen LogP contribution in [-0.4, -0.2) is 26.0 Å². The number of aromatic carboxylic acids is 1. The second kappa shape index (κ2) is 4.79. The molecule has 20 heavy (non-hydrogen) atoms. The molecule has 0 saturated heterocycles. The predicted molar refractivity (Wildman–Crippen MR) is 71.6 cm³/mol. The van der Waals surface area contributed by atoms with Gasteiger partial charge in [0.25, 0.3) is 0 Å². The summed E-state index contributed by atoms with van der Waals surface area (Å²) in [7, 11) is 1.77. The number of hydrogen-bond acceptors (Lipinski definition) is 4. The smallest absolute Gasteiger partial charge is 0.371 e. The third-order valence-corrected chi connectivity index (χ3v) is 2.97. The second-order valence-electron chi connectivity index (χ2n) is 5.77. The third-order valence-electron chi connectivity index (χ3n) is 2.97. The van der Waals surface area contributed by atoms with Gasteiger partial charge in [-0.25, -0.2) is 4.79 Å². The first-order valence-corrected chi connectivity index (χ1v) is 6.25. The molecule has 1 atom stereocenters. The van der Waals surface area contributed by atoms with Crippen molar-refractivity contribution < 1.29 is 19.4 Å². The van der Waals surface area contributed by atoms with Crippen molar-refractivity contribution in [3.05, 3.63) is 41.1 Å². The minimum absolute atomic E-state index is 0.194. The maximum Gasteiger partial charge on any atom is 0.371 e. The first-order valence-electron chi connectivity index (χ1n) is 6.25. The van der Waals surface area contributed by atoms with Crippen molar-refractivity contribution in [2.24, 2.45) is 7.05 Å². The van der Waals surface area contributed by atoms with Gasteiger partial charge in [-0.05, 0) is 12.1 Å². The van der Waals surface area contributed by atoms with E-state index in [-0.39, 0.29) is 16.9 Å². The Morgan fingerprint density at radius 3 is 2.55 bits per heavy atom. The lowest BCUT2D eigenvalue weighted by molar-refractivity contribution is 0.0655. The Morgan fingerprint density at radius 2 is 2.05 bits per heavy atom. The number of rotatable bonds is 3. The standard InChI is InChI=1S/C14H18N2O4/c1-14(2,3)12-8(7-16(4)15-12)11(17)9-5-6-10(20-9)13(18)19/h5-7,11,17H,1-4H3,(H,18,19). The molecule has 0 aromatic carbocycles. The van der Waals surface area contributed by atoms with Gasteiger partial charge in [-0.1, -0.05) is 20.8 Å². The third kappa shape index (κ3) is 2.60. The number of carbonyl (C=O) groups is 1. The lowest BCUT2D eigenvalue weighted by atomic mass is 9.88. The van der Waals surface area contributed by atoms with Crippen molar-refractivity contribution in [2.75, 3.05) is 0 Å². The highest BCUT2D eigenvalue weighted by molar-refractivity contribution is 5.84. The Hall–Kier alpha value is -2.08. The normalized spacial score (nSPS) is 13.4. The number of carboxylic acid groups (broad SMARTS) is 1. The van der Waals surface area contributed by atoms with Gasteiger partial charge in [0.2, 0.25) is 5.76 Å². The van der Waals surface area contributed by atoms with Crippen LogP contribution < -0.4 is 0 Å². The number of aryl methyl sites for hydroxylation is 1. The zero-order valence-electron chi connectivity index (χ0n) is 11.9. The molecule has 0 saturated carbocycles. The topological polar surface area (TPSA) is 88.5 Å². The van der Waals surface area contributed by atoms with Gasteiger partial charge in [-0.3, -0.25) is 4.68 Å². The molecule has 0 radical (unpaired) electrons. The summed E-state index contributed by atoms with van der Waals surface area (Å²) in [4.78, 5) is 10.8. The fourth-order valence-corrected chi connectivity index (χ4v) is 2.06. The lowest BCUT2D eigenvalue weighted by Crippen LogP contribution is -2.16. The van der Waals surface area contributed by atoms with E-state index in [2.05, 4.69) is 5.10 Å². The summed E-state index contributed by atoms with van der Waals surface area (Å²) in [5.74, 6) is -1.16. The van der Waals surface area contributed by atoms with E-state index in [1.807, 2.05) is 20.8 Å². The highest BCUT2D eigenvalue weighted by Crippen LogP contribution is 2.32. The number of hydrogen-bond donors (Lipinski definition) is 2. The Morgan fingerprint density at radius 1 is 1.40 bits per heavy atom. The summed E-state index contributed by atoms with van der Waals surface area (Å²) in [6.07, 6.45) is 0.680. The first kappa shape index (κ1) is 14.3. The van der Waals surface area contributed by atoms with E-state index in [9.17, 15) is 9.90 Å². The fraction of sp³-hybridized carbons (Fsp3) is 0.429. The molecule has 0 aliphatic rings. The molecule has 0 fully saturated rings. The Labute approximate surface area is 116 Å². The van der Waals surface area contributed by atoms with Crippen LogP contribution in [0.4, 0.5) is 0 Å². The first-order chi connectivity index (χ1) is 9.20. The molecule has 6 heteroatoms. The number of furan rings is 1. The molecule has 2 aromatic heterocycles. The average molecular weight is 278 g/mol. The zero-order chi connectivity index (χ0) is 15.1. The van der Waals surface area contributed by atoms with Crippen LogP contribution in [0.3, 0.4) is 0 Å². The molecule has 2 aromatic rings. The van der Waals surface area contributed by atoms with Crippen LogP contribution in [0.15, 0.2) is 22.7 Å². The van der Waals surface area contributed by atoms with E-state index in [0.717, 1.165) is 5.69 Å². The van der Waals surface area contributed by atoms with Gasteiger partial charge in [0, 0.05) is 24.2 Å². The summed E-state index contributed by atoms with van der Waals surface area (Å²) < 4.78 is 6.78. The summed E-state index contributed by atoms with van der Waals surface area (Å²) in [6.45, 7) is 5.99. The highest BCUT2D eigenvalue weighted by atomic mass is 16.4. The van der Waals surface area contributed by atoms with Gasteiger partial charge in [-0.2, -0.15) is 5.10 Å². The predicted octanol–water partition coefficient (Wildman–Crippen LogP) is 2.09. The molecule has 0 aliphatic carbocycles. The van der Waals surface area contributed by atoms with Crippen molar-refractivity contribution in [3.63, 3.8) is 0 Å². The highest BCUT2D eigenvalue weighted by Gasteiger charge is 2.28. The molecule has 2 N–H and O–H groups in total. The van der Waals surface area contributed by atoms with Gasteiger partial charge in [0.05, 0.1) is 5.69 Å². The molecule has 0 amide bonds. The monoisotopic (exact) mass is 278 g/mol. The van der Waals surface area contributed by atoms with E-state index in [4.69, 9.17) is 9.52 Å². The molecule has 0 bridgehead atoms. The van der Waals surface area contributed by atoms with Crippen LogP contribution in [0.25, 0.3) is 0 Å². The number of aliphatic hydroxyl groups is 1. The van der Waals surface area contributed by atoms with Gasteiger partial charge < -0.3 is 14.6 Å². The van der Waals surface area contributed by atoms with Gasteiger partial charge in [-0.15, -0.1) is 0 Å². The van der Waals surface area contributed by atoms with Crippen molar-refractivity contribution in [3.8, 4) is 0 Å². The number of carboxylic acids is 1. The van der Waals surface area contributed by atoms with Crippen LogP contribution >= 0.6 is 0 Å². The lowest BCUT2D eigenvalue weighted by Gasteiger charge is -2.19. The SMILES string of the molecule is Cn1cc(C(O)c2ccc(C(=O)O)o2)c(C(C)(C)C)n1. The van der Waals surface area contributed by atoms with E-state index in [1.165, 1.54) is 12.1 Å². The van der Waals surface area contributed by atoms with Crippen molar-refractivity contribution in [1.29, 1.82) is 0 Å². The van der Waals surface area contributed by atoms with Crippen molar-refractivity contribution >= 4 is 5.97 Å². The largest absolute Gasteiger partial charge is 0.475 e. The molecule has 0 spiro atoms. The van der Waals surface area contributed by atoms with E-state index < -0.39 is 12.1 Å². The summed E-state index contributed by atoms with van der Waals surface area (Å²) in [5, 5.41) is 23.6. The summed E-state index contributed by atoms with van der Waals surface area (Å²) in [5.41, 5.74) is 1.13. The van der Waals surface area contributed by atoms with Gasteiger partial charge in [0.15, 0.2) is 0 Å². The molecule has 108 valence electrons. The summed E-state index contributed by atoms with van der Waals surface area (Å²) >= 11 is 0. The minimum atomic E-state index is -1.16. The maximum absolute atomic E-state index is 10.8. The van der Waals surface area contributed by atoms with E-state index >= 15 is 0 Å². The van der Waals surface area contributed by atoms with Crippen LogP contribution in [0.2, 0.25) is 0 Å². The molecule has 6 nitrogen and oxygen atoms in total. The molecule has 2 rings (SSSR count). The van der Waals surface area contributed by atoms with Crippen molar-refractivity contribution in [1.82, 2.24) is 9.78 Å². The van der Waals surface area contributed by atoms with Gasteiger partial charge >= 0.3 is 5.97 Å². The van der Waals surface area contributed by atoms with E-state index in [1.54, 1.807) is 17.9 Å². The number of aliphatic hydroxyl groups excluding tert-OH is 1. The average Bonchev–Trinajstić information content (AvgIpc) is 2.93. The molecule has 0 aliphatic heterocycles. The van der Waals surface area contributed by atoms with Gasteiger partial charge in [0.1, 0.15) is 11.9 Å². The van der Waals surface area contributed by atoms with Crippen LogP contribution in [0.5, 0.6) is 0 Å². The van der Waals surface area contributed by atoms with E-state index in [0.29, 0.717) is 5.56 Å². The number of nitrogens with zero attached hydrogens (tertiary/aromatic N) is 2. The maximum atomic E-state index is 10.8. The molecule has 1 unspecified atom stereocenters. The van der Waals surface area contributed by atoms with Crippen molar-refractivity contribution in [2.45, 2.75) is 32.3 Å².